The lowest BCUT2D eigenvalue weighted by molar-refractivity contribution is -0.118. The predicted molar refractivity (Wildman–Crippen MR) is 125 cm³/mol. The molecule has 1 amide bonds. The van der Waals surface area contributed by atoms with Crippen molar-refractivity contribution < 1.29 is 9.59 Å². The van der Waals surface area contributed by atoms with Crippen LogP contribution >= 0.6 is 11.6 Å². The van der Waals surface area contributed by atoms with E-state index in [9.17, 15) is 9.59 Å². The second kappa shape index (κ2) is 7.64. The zero-order chi connectivity index (χ0) is 22.5. The molecule has 7 heteroatoms. The number of rotatable bonds is 3. The first kappa shape index (κ1) is 20.5. The van der Waals surface area contributed by atoms with Crippen LogP contribution in [-0.2, 0) is 4.79 Å². The second-order valence-corrected chi connectivity index (χ2v) is 9.46. The summed E-state index contributed by atoms with van der Waals surface area (Å²) in [4.78, 5) is 26.4. The van der Waals surface area contributed by atoms with E-state index in [1.807, 2.05) is 54.6 Å². The molecule has 2 aliphatic rings. The number of Topliss-reactive ketones (excluding diaryl/α,β-unsaturated/α-hetero) is 1. The molecule has 0 spiro atoms. The Morgan fingerprint density at radius 3 is 2.59 bits per heavy atom. The van der Waals surface area contributed by atoms with Gasteiger partial charge in [0.1, 0.15) is 17.4 Å². The Morgan fingerprint density at radius 1 is 1.12 bits per heavy atom. The highest BCUT2D eigenvalue weighted by Crippen LogP contribution is 2.47. The third-order valence-corrected chi connectivity index (χ3v) is 6.32. The molecule has 32 heavy (non-hydrogen) atoms. The van der Waals surface area contributed by atoms with Crippen LogP contribution in [0.3, 0.4) is 0 Å². The molecule has 0 radical (unpaired) electrons. The number of halogens is 1. The Balaban J connectivity index is 1.63. The van der Waals surface area contributed by atoms with E-state index in [2.05, 4.69) is 29.6 Å². The highest BCUT2D eigenvalue weighted by atomic mass is 35.5. The lowest BCUT2D eigenvalue weighted by Gasteiger charge is -2.39. The van der Waals surface area contributed by atoms with Crippen molar-refractivity contribution in [3.8, 4) is 0 Å². The van der Waals surface area contributed by atoms with Gasteiger partial charge in [0.15, 0.2) is 5.78 Å². The summed E-state index contributed by atoms with van der Waals surface area (Å²) in [6, 6.07) is 16.3. The number of carbonyl (C=O) groups is 2. The van der Waals surface area contributed by atoms with Crippen molar-refractivity contribution in [2.75, 3.05) is 10.6 Å². The van der Waals surface area contributed by atoms with Crippen LogP contribution in [-0.4, -0.2) is 21.5 Å². The van der Waals surface area contributed by atoms with Gasteiger partial charge in [0.25, 0.3) is 5.91 Å². The zero-order valence-corrected chi connectivity index (χ0v) is 18.6. The van der Waals surface area contributed by atoms with Crippen LogP contribution in [0.1, 0.15) is 48.7 Å². The van der Waals surface area contributed by atoms with Gasteiger partial charge in [-0.15, -0.1) is 0 Å². The number of hydrogen-bond donors (Lipinski definition) is 2. The van der Waals surface area contributed by atoms with Gasteiger partial charge >= 0.3 is 0 Å². The van der Waals surface area contributed by atoms with Crippen LogP contribution in [0.25, 0.3) is 0 Å². The van der Waals surface area contributed by atoms with E-state index < -0.39 is 6.04 Å². The molecule has 1 unspecified atom stereocenters. The van der Waals surface area contributed by atoms with Gasteiger partial charge < -0.3 is 10.6 Å². The molecule has 0 fully saturated rings. The van der Waals surface area contributed by atoms with Crippen molar-refractivity contribution in [1.82, 2.24) is 9.78 Å². The van der Waals surface area contributed by atoms with Gasteiger partial charge in [0.2, 0.25) is 0 Å². The number of ketones is 1. The largest absolute Gasteiger partial charge is 0.343 e. The number of amides is 1. The van der Waals surface area contributed by atoms with Crippen molar-refractivity contribution in [2.45, 2.75) is 32.7 Å². The molecule has 1 aromatic heterocycles. The van der Waals surface area contributed by atoms with Crippen LogP contribution in [0.2, 0.25) is 5.02 Å². The molecule has 0 saturated carbocycles. The first-order chi connectivity index (χ1) is 15.3. The van der Waals surface area contributed by atoms with Crippen LogP contribution in [0.5, 0.6) is 0 Å². The van der Waals surface area contributed by atoms with Gasteiger partial charge in [-0.2, -0.15) is 5.10 Å². The molecule has 1 atom stereocenters. The fraction of sp³-hybridized carbons (Fsp3) is 0.240. The van der Waals surface area contributed by atoms with Gasteiger partial charge in [-0.1, -0.05) is 61.8 Å². The van der Waals surface area contributed by atoms with E-state index in [-0.39, 0.29) is 17.1 Å². The number of carbonyl (C=O) groups excluding carboxylic acids is 2. The Hall–Kier alpha value is -3.38. The second-order valence-electron chi connectivity index (χ2n) is 9.05. The van der Waals surface area contributed by atoms with E-state index in [0.717, 1.165) is 11.3 Å². The number of benzene rings is 2. The number of para-hydroxylation sites is 1. The Morgan fingerprint density at radius 2 is 1.84 bits per heavy atom. The average molecular weight is 447 g/mol. The maximum Gasteiger partial charge on any atom is 0.261 e. The third-order valence-electron chi connectivity index (χ3n) is 5.98. The molecule has 0 bridgehead atoms. The summed E-state index contributed by atoms with van der Waals surface area (Å²) in [5.74, 6) is 0.367. The molecule has 1 aliphatic heterocycles. The molecular formula is C25H23ClN4O2. The molecular weight excluding hydrogens is 424 g/mol. The summed E-state index contributed by atoms with van der Waals surface area (Å²) < 4.78 is 1.70. The smallest absolute Gasteiger partial charge is 0.261 e. The van der Waals surface area contributed by atoms with E-state index >= 15 is 0 Å². The van der Waals surface area contributed by atoms with Crippen molar-refractivity contribution in [1.29, 1.82) is 0 Å². The minimum absolute atomic E-state index is 0.0742. The molecule has 2 N–H and O–H groups in total. The van der Waals surface area contributed by atoms with Crippen LogP contribution in [0.15, 0.2) is 72.1 Å². The topological polar surface area (TPSA) is 76.0 Å². The van der Waals surface area contributed by atoms with Crippen molar-refractivity contribution in [3.05, 3.63) is 88.2 Å². The molecule has 2 heterocycles. The van der Waals surface area contributed by atoms with Crippen molar-refractivity contribution >= 4 is 34.8 Å². The summed E-state index contributed by atoms with van der Waals surface area (Å²) in [5, 5.41) is 11.4. The number of anilines is 2. The number of nitrogens with one attached hydrogen (secondary N) is 2. The maximum atomic E-state index is 13.3. The molecule has 2 aromatic carbocycles. The summed E-state index contributed by atoms with van der Waals surface area (Å²) in [6.07, 6.45) is 2.69. The molecule has 5 rings (SSSR count). The Bertz CT molecular complexity index is 1260. The number of allylic oxidation sites excluding steroid dienone is 2. The zero-order valence-electron chi connectivity index (χ0n) is 17.9. The van der Waals surface area contributed by atoms with E-state index in [4.69, 9.17) is 11.6 Å². The van der Waals surface area contributed by atoms with Crippen LogP contribution in [0, 0.1) is 5.41 Å². The highest BCUT2D eigenvalue weighted by Gasteiger charge is 2.42. The Labute approximate surface area is 191 Å². The minimum atomic E-state index is -0.489. The summed E-state index contributed by atoms with van der Waals surface area (Å²) >= 11 is 6.56. The molecule has 162 valence electrons. The highest BCUT2D eigenvalue weighted by molar-refractivity contribution is 6.31. The monoisotopic (exact) mass is 446 g/mol. The summed E-state index contributed by atoms with van der Waals surface area (Å²) in [5.41, 5.74) is 3.22. The standard InChI is InChI=1S/C25H23ClN4O2/c1-25(2)12-19-21(20(31)13-25)22(16-10-6-7-11-18(16)26)30-23(29-19)17(14-27-30)24(32)28-15-8-4-3-5-9-15/h3-11,14,22,29H,12-13H2,1-2H3,(H,28,32). The minimum Gasteiger partial charge on any atom is -0.343 e. The van der Waals surface area contributed by atoms with Gasteiger partial charge in [0, 0.05) is 28.4 Å². The predicted octanol–water partition coefficient (Wildman–Crippen LogP) is 5.45. The van der Waals surface area contributed by atoms with E-state index in [1.165, 1.54) is 0 Å². The summed E-state index contributed by atoms with van der Waals surface area (Å²) in [7, 11) is 0. The van der Waals surface area contributed by atoms with Gasteiger partial charge in [-0.25, -0.2) is 4.68 Å². The maximum absolute atomic E-state index is 13.3. The van der Waals surface area contributed by atoms with Gasteiger partial charge in [0.05, 0.1) is 6.20 Å². The van der Waals surface area contributed by atoms with Crippen LogP contribution in [0.4, 0.5) is 11.5 Å². The lowest BCUT2D eigenvalue weighted by atomic mass is 9.73. The quantitative estimate of drug-likeness (QED) is 0.561. The van der Waals surface area contributed by atoms with Gasteiger partial charge in [-0.05, 0) is 35.6 Å². The first-order valence-electron chi connectivity index (χ1n) is 10.6. The lowest BCUT2D eigenvalue weighted by Crippen LogP contribution is -2.37. The fourth-order valence-electron chi connectivity index (χ4n) is 4.58. The first-order valence-corrected chi connectivity index (χ1v) is 10.9. The number of fused-ring (bicyclic) bond motifs is 1. The van der Waals surface area contributed by atoms with Crippen molar-refractivity contribution in [2.24, 2.45) is 5.41 Å². The summed E-state index contributed by atoms with van der Waals surface area (Å²) in [6.45, 7) is 4.16. The molecule has 3 aromatic rings. The number of aromatic nitrogens is 2. The number of nitrogens with zero attached hydrogens (tertiary/aromatic N) is 2. The third kappa shape index (κ3) is 3.50. The Kier molecular flexibility index (Phi) is 4.90. The van der Waals surface area contributed by atoms with E-state index in [1.54, 1.807) is 10.9 Å². The average Bonchev–Trinajstić information content (AvgIpc) is 3.16. The molecule has 0 saturated heterocycles. The normalized spacial score (nSPS) is 19.1. The van der Waals surface area contributed by atoms with E-state index in [0.29, 0.717) is 40.5 Å². The van der Waals surface area contributed by atoms with Crippen molar-refractivity contribution in [3.63, 3.8) is 0 Å². The van der Waals surface area contributed by atoms with Gasteiger partial charge in [-0.3, -0.25) is 9.59 Å². The SMILES string of the molecule is CC1(C)CC(=O)C2=C(C1)Nc1c(C(=O)Nc3ccccc3)cnn1C2c1ccccc1Cl. The molecule has 6 nitrogen and oxygen atoms in total. The fourth-order valence-corrected chi connectivity index (χ4v) is 4.82. The molecule has 1 aliphatic carbocycles. The number of hydrogen-bond acceptors (Lipinski definition) is 4. The van der Waals surface area contributed by atoms with Crippen LogP contribution < -0.4 is 10.6 Å².